The number of aromatic amines is 1. The van der Waals surface area contributed by atoms with E-state index in [1.165, 1.54) is 18.4 Å². The van der Waals surface area contributed by atoms with Crippen molar-refractivity contribution in [2.45, 2.75) is 19.8 Å². The van der Waals surface area contributed by atoms with Crippen LogP contribution in [-0.2, 0) is 0 Å². The number of piperidine rings is 1. The van der Waals surface area contributed by atoms with Crippen LogP contribution in [0.5, 0.6) is 0 Å². The monoisotopic (exact) mass is 292 g/mol. The van der Waals surface area contributed by atoms with Gasteiger partial charge in [0.15, 0.2) is 0 Å². The molecule has 1 saturated heterocycles. The Balaban J connectivity index is 1.66. The van der Waals surface area contributed by atoms with Crippen LogP contribution in [0.2, 0.25) is 0 Å². The maximum Gasteiger partial charge on any atom is 0.140 e. The molecule has 0 saturated carbocycles. The normalized spacial score (nSPS) is 16.5. The molecule has 1 N–H and O–H groups in total. The van der Waals surface area contributed by atoms with E-state index in [1.807, 2.05) is 12.3 Å². The lowest BCUT2D eigenvalue weighted by molar-refractivity contribution is 0.458. The van der Waals surface area contributed by atoms with Crippen LogP contribution in [-0.4, -0.2) is 28.0 Å². The van der Waals surface area contributed by atoms with Crippen LogP contribution in [0.3, 0.4) is 0 Å². The molecule has 0 spiro atoms. The van der Waals surface area contributed by atoms with Crippen LogP contribution in [0.15, 0.2) is 42.7 Å². The molecule has 3 aromatic heterocycles. The van der Waals surface area contributed by atoms with E-state index in [1.54, 1.807) is 6.20 Å². The van der Waals surface area contributed by atoms with Gasteiger partial charge in [-0.2, -0.15) is 0 Å². The van der Waals surface area contributed by atoms with Gasteiger partial charge in [-0.05, 0) is 43.9 Å². The summed E-state index contributed by atoms with van der Waals surface area (Å²) < 4.78 is 0. The number of hydrogen-bond donors (Lipinski definition) is 1. The third kappa shape index (κ3) is 2.15. The maximum atomic E-state index is 4.83. The van der Waals surface area contributed by atoms with Gasteiger partial charge in [0.05, 0.1) is 5.52 Å². The zero-order valence-corrected chi connectivity index (χ0v) is 12.8. The Kier molecular flexibility index (Phi) is 3.10. The lowest BCUT2D eigenvalue weighted by Gasteiger charge is -2.33. The second kappa shape index (κ2) is 5.13. The molecule has 0 aromatic carbocycles. The van der Waals surface area contributed by atoms with E-state index in [0.717, 1.165) is 40.8 Å². The maximum absolute atomic E-state index is 4.83. The molecule has 3 aromatic rings. The molecule has 0 unspecified atom stereocenters. The van der Waals surface area contributed by atoms with Gasteiger partial charge in [0, 0.05) is 36.3 Å². The van der Waals surface area contributed by atoms with Crippen LogP contribution >= 0.6 is 0 Å². The lowest BCUT2D eigenvalue weighted by atomic mass is 9.91. The van der Waals surface area contributed by atoms with Gasteiger partial charge in [-0.25, -0.2) is 4.98 Å². The van der Waals surface area contributed by atoms with Gasteiger partial charge in [0.2, 0.25) is 0 Å². The first kappa shape index (κ1) is 13.3. The Bertz CT molecular complexity index is 841. The average molecular weight is 292 g/mol. The van der Waals surface area contributed by atoms with Crippen LogP contribution in [0.4, 0.5) is 5.82 Å². The number of anilines is 1. The van der Waals surface area contributed by atoms with Gasteiger partial charge >= 0.3 is 0 Å². The second-order valence-electron chi connectivity index (χ2n) is 6.22. The average Bonchev–Trinajstić information content (AvgIpc) is 2.92. The fourth-order valence-corrected chi connectivity index (χ4v) is 3.38. The summed E-state index contributed by atoms with van der Waals surface area (Å²) >= 11 is 0. The minimum atomic E-state index is 0.666. The SMILES string of the molecule is C=C(C)C1CCN(c2ccc3c(n2)[nH]c2ccncc23)CC1. The highest BCUT2D eigenvalue weighted by Crippen LogP contribution is 2.29. The van der Waals surface area contributed by atoms with Gasteiger partial charge in [-0.1, -0.05) is 12.2 Å². The molecule has 0 atom stereocenters. The smallest absolute Gasteiger partial charge is 0.140 e. The molecule has 1 aliphatic heterocycles. The summed E-state index contributed by atoms with van der Waals surface area (Å²) in [6.07, 6.45) is 6.05. The molecule has 1 aliphatic rings. The largest absolute Gasteiger partial charge is 0.357 e. The van der Waals surface area contributed by atoms with Gasteiger partial charge < -0.3 is 9.88 Å². The fourth-order valence-electron chi connectivity index (χ4n) is 3.38. The summed E-state index contributed by atoms with van der Waals surface area (Å²) in [7, 11) is 0. The van der Waals surface area contributed by atoms with E-state index in [9.17, 15) is 0 Å². The van der Waals surface area contributed by atoms with Crippen molar-refractivity contribution < 1.29 is 0 Å². The van der Waals surface area contributed by atoms with E-state index in [-0.39, 0.29) is 0 Å². The van der Waals surface area contributed by atoms with E-state index in [2.05, 4.69) is 40.5 Å². The number of hydrogen-bond acceptors (Lipinski definition) is 3. The summed E-state index contributed by atoms with van der Waals surface area (Å²) in [6.45, 7) is 8.35. The van der Waals surface area contributed by atoms with Gasteiger partial charge in [0.25, 0.3) is 0 Å². The van der Waals surface area contributed by atoms with Gasteiger partial charge in [0.1, 0.15) is 11.5 Å². The third-order valence-corrected chi connectivity index (χ3v) is 4.76. The molecular weight excluding hydrogens is 272 g/mol. The number of fused-ring (bicyclic) bond motifs is 3. The van der Waals surface area contributed by atoms with Crippen LogP contribution in [0, 0.1) is 5.92 Å². The molecule has 4 heteroatoms. The quantitative estimate of drug-likeness (QED) is 0.728. The zero-order valence-electron chi connectivity index (χ0n) is 12.8. The van der Waals surface area contributed by atoms with Crippen molar-refractivity contribution >= 4 is 27.8 Å². The van der Waals surface area contributed by atoms with Crippen molar-refractivity contribution in [3.05, 3.63) is 42.7 Å². The number of nitrogens with zero attached hydrogens (tertiary/aromatic N) is 3. The Morgan fingerprint density at radius 2 is 2.05 bits per heavy atom. The molecule has 0 aliphatic carbocycles. The van der Waals surface area contributed by atoms with Crippen molar-refractivity contribution in [3.8, 4) is 0 Å². The number of allylic oxidation sites excluding steroid dienone is 1. The van der Waals surface area contributed by atoms with Crippen molar-refractivity contribution in [3.63, 3.8) is 0 Å². The van der Waals surface area contributed by atoms with E-state index in [0.29, 0.717) is 5.92 Å². The van der Waals surface area contributed by atoms with Crippen molar-refractivity contribution in [2.24, 2.45) is 5.92 Å². The highest BCUT2D eigenvalue weighted by atomic mass is 15.2. The molecule has 4 nitrogen and oxygen atoms in total. The van der Waals surface area contributed by atoms with Crippen LogP contribution < -0.4 is 4.90 Å². The number of nitrogens with one attached hydrogen (secondary N) is 1. The summed E-state index contributed by atoms with van der Waals surface area (Å²) in [5.74, 6) is 1.73. The Hall–Kier alpha value is -2.36. The van der Waals surface area contributed by atoms with E-state index < -0.39 is 0 Å². The topological polar surface area (TPSA) is 44.8 Å². The summed E-state index contributed by atoms with van der Waals surface area (Å²) in [5.41, 5.74) is 3.35. The molecule has 0 radical (unpaired) electrons. The first-order valence-electron chi connectivity index (χ1n) is 7.85. The van der Waals surface area contributed by atoms with Crippen molar-refractivity contribution in [1.29, 1.82) is 0 Å². The standard InChI is InChI=1S/C18H20N4/c1-12(2)13-6-9-22(10-7-13)17-4-3-14-15-11-19-8-5-16(15)20-18(14)21-17/h3-5,8,11,13H,1,6-7,9-10H2,2H3,(H,20,21). The minimum Gasteiger partial charge on any atom is -0.357 e. The van der Waals surface area contributed by atoms with Crippen LogP contribution in [0.25, 0.3) is 21.9 Å². The molecule has 1 fully saturated rings. The Morgan fingerprint density at radius 3 is 2.82 bits per heavy atom. The summed E-state index contributed by atoms with van der Waals surface area (Å²) in [5, 5.41) is 2.28. The molecule has 4 rings (SSSR count). The summed E-state index contributed by atoms with van der Waals surface area (Å²) in [4.78, 5) is 14.8. The molecule has 4 heterocycles. The van der Waals surface area contributed by atoms with Crippen LogP contribution in [0.1, 0.15) is 19.8 Å². The predicted molar refractivity (Wildman–Crippen MR) is 91.1 cm³/mol. The third-order valence-electron chi connectivity index (χ3n) is 4.76. The Labute approximate surface area is 129 Å². The molecule has 22 heavy (non-hydrogen) atoms. The minimum absolute atomic E-state index is 0.666. The molecule has 0 amide bonds. The molecular formula is C18H20N4. The van der Waals surface area contributed by atoms with E-state index >= 15 is 0 Å². The number of pyridine rings is 2. The van der Waals surface area contributed by atoms with Gasteiger partial charge in [-0.15, -0.1) is 0 Å². The van der Waals surface area contributed by atoms with Gasteiger partial charge in [-0.3, -0.25) is 4.98 Å². The molecule has 0 bridgehead atoms. The summed E-state index contributed by atoms with van der Waals surface area (Å²) in [6, 6.07) is 6.28. The fraction of sp³-hybridized carbons (Fsp3) is 0.333. The first-order valence-corrected chi connectivity index (χ1v) is 7.85. The second-order valence-corrected chi connectivity index (χ2v) is 6.22. The zero-order chi connectivity index (χ0) is 15.1. The van der Waals surface area contributed by atoms with Crippen molar-refractivity contribution in [1.82, 2.24) is 15.0 Å². The molecule has 112 valence electrons. The number of H-pyrrole nitrogens is 1. The number of rotatable bonds is 2. The van der Waals surface area contributed by atoms with Crippen molar-refractivity contribution in [2.75, 3.05) is 18.0 Å². The highest BCUT2D eigenvalue weighted by Gasteiger charge is 2.20. The van der Waals surface area contributed by atoms with E-state index in [4.69, 9.17) is 4.98 Å². The number of aromatic nitrogens is 3. The highest BCUT2D eigenvalue weighted by molar-refractivity contribution is 6.05. The Morgan fingerprint density at radius 1 is 1.23 bits per heavy atom. The first-order chi connectivity index (χ1) is 10.7. The lowest BCUT2D eigenvalue weighted by Crippen LogP contribution is -2.34. The predicted octanol–water partition coefficient (Wildman–Crippen LogP) is 3.90.